The average molecular weight is 679 g/mol. The fraction of sp³-hybridized carbons (Fsp3) is 0.871. The van der Waals surface area contributed by atoms with Crippen LogP contribution in [0.2, 0.25) is 0 Å². The minimum atomic E-state index is -1.46. The quantitative estimate of drug-likeness (QED) is 0.0581. The van der Waals surface area contributed by atoms with Crippen molar-refractivity contribution in [2.24, 2.45) is 5.73 Å². The van der Waals surface area contributed by atoms with Crippen molar-refractivity contribution in [1.82, 2.24) is 4.90 Å². The summed E-state index contributed by atoms with van der Waals surface area (Å²) >= 11 is 0. The van der Waals surface area contributed by atoms with Gasteiger partial charge in [-0.3, -0.25) is 24.1 Å². The van der Waals surface area contributed by atoms with Gasteiger partial charge in [0.25, 0.3) is 0 Å². The van der Waals surface area contributed by atoms with Gasteiger partial charge in [-0.05, 0) is 39.5 Å². The molecule has 2 rings (SSSR count). The number of hydrogen-bond acceptors (Lipinski definition) is 15. The summed E-state index contributed by atoms with van der Waals surface area (Å²) in [5, 5.41) is 59.6. The number of amides is 1. The Balaban J connectivity index is 1.81. The van der Waals surface area contributed by atoms with Gasteiger partial charge in [0.05, 0.1) is 45.1 Å². The van der Waals surface area contributed by atoms with Crippen LogP contribution < -0.4 is 5.73 Å². The zero-order chi connectivity index (χ0) is 35.1. The van der Waals surface area contributed by atoms with Gasteiger partial charge in [-0.1, -0.05) is 12.8 Å². The van der Waals surface area contributed by atoms with Crippen molar-refractivity contribution >= 4 is 23.3 Å². The molecule has 0 saturated carbocycles. The van der Waals surface area contributed by atoms with Gasteiger partial charge in [-0.25, -0.2) is 0 Å². The smallest absolute Gasteiger partial charge is 0.217 e. The highest BCUT2D eigenvalue weighted by Gasteiger charge is 2.43. The number of aliphatic hydroxyl groups is 6. The van der Waals surface area contributed by atoms with E-state index in [4.69, 9.17) is 24.7 Å². The molecule has 1 amide bonds. The van der Waals surface area contributed by atoms with Crippen molar-refractivity contribution in [3.05, 3.63) is 0 Å². The first kappa shape index (κ1) is 41.2. The molecule has 0 spiro atoms. The molecule has 10 atom stereocenters. The van der Waals surface area contributed by atoms with E-state index in [0.717, 1.165) is 12.8 Å². The SMILES string of the molecule is C[C@@H]1O[C@@H](OCCCC(=O)CN(CC(=O)CCCCCCC(N)=O)CC(=O)CCCO[C@@H]2O[C@@H](C)[C@@H](O)[C@@H](O)[C@@H]2O)[C@@H](O)[C@H](O)[C@@H]1O. The van der Waals surface area contributed by atoms with Crippen LogP contribution in [-0.2, 0) is 38.1 Å². The van der Waals surface area contributed by atoms with Gasteiger partial charge in [0, 0.05) is 25.7 Å². The molecule has 0 aromatic rings. The van der Waals surface area contributed by atoms with Crippen LogP contribution in [0.15, 0.2) is 0 Å². The fourth-order valence-electron chi connectivity index (χ4n) is 5.37. The van der Waals surface area contributed by atoms with Crippen LogP contribution in [0, 0.1) is 0 Å². The topological polar surface area (TPSA) is 256 Å². The van der Waals surface area contributed by atoms with Gasteiger partial charge in [0.15, 0.2) is 12.6 Å². The van der Waals surface area contributed by atoms with Crippen LogP contribution in [0.3, 0.4) is 0 Å². The van der Waals surface area contributed by atoms with Crippen LogP contribution in [0.5, 0.6) is 0 Å². The number of hydrogen-bond donors (Lipinski definition) is 7. The van der Waals surface area contributed by atoms with E-state index in [0.29, 0.717) is 19.3 Å². The minimum absolute atomic E-state index is 0.0186. The van der Waals surface area contributed by atoms with E-state index in [1.54, 1.807) is 0 Å². The first-order valence-electron chi connectivity index (χ1n) is 16.4. The summed E-state index contributed by atoms with van der Waals surface area (Å²) in [6.45, 7) is 2.68. The Hall–Kier alpha value is -1.96. The second-order valence-corrected chi connectivity index (χ2v) is 12.5. The maximum absolute atomic E-state index is 12.8. The molecule has 2 saturated heterocycles. The monoisotopic (exact) mass is 678 g/mol. The number of aliphatic hydroxyl groups excluding tert-OH is 6. The molecule has 16 heteroatoms. The van der Waals surface area contributed by atoms with Crippen molar-refractivity contribution < 1.29 is 68.8 Å². The van der Waals surface area contributed by atoms with E-state index in [-0.39, 0.29) is 88.2 Å². The van der Waals surface area contributed by atoms with Crippen LogP contribution >= 0.6 is 0 Å². The Morgan fingerprint density at radius 1 is 0.553 bits per heavy atom. The Morgan fingerprint density at radius 3 is 1.30 bits per heavy atom. The van der Waals surface area contributed by atoms with Crippen LogP contribution in [0.4, 0.5) is 0 Å². The van der Waals surface area contributed by atoms with Gasteiger partial charge in [-0.2, -0.15) is 0 Å². The predicted octanol–water partition coefficient (Wildman–Crippen LogP) is -1.93. The molecule has 2 aliphatic rings. The number of nitrogens with two attached hydrogens (primary N) is 1. The number of Topliss-reactive ketones (excluding diaryl/α,β-unsaturated/α-hetero) is 3. The number of ketones is 3. The van der Waals surface area contributed by atoms with Crippen LogP contribution in [0.25, 0.3) is 0 Å². The molecule has 2 heterocycles. The molecule has 47 heavy (non-hydrogen) atoms. The number of unbranched alkanes of at least 4 members (excludes halogenated alkanes) is 3. The number of ether oxygens (including phenoxy) is 4. The second-order valence-electron chi connectivity index (χ2n) is 12.5. The third-order valence-electron chi connectivity index (χ3n) is 8.21. The van der Waals surface area contributed by atoms with E-state index in [1.807, 2.05) is 0 Å². The lowest BCUT2D eigenvalue weighted by Crippen LogP contribution is -2.57. The van der Waals surface area contributed by atoms with Gasteiger partial charge < -0.3 is 55.3 Å². The summed E-state index contributed by atoms with van der Waals surface area (Å²) < 4.78 is 21.7. The maximum Gasteiger partial charge on any atom is 0.217 e. The highest BCUT2D eigenvalue weighted by molar-refractivity contribution is 5.86. The summed E-state index contributed by atoms with van der Waals surface area (Å²) in [5.41, 5.74) is 5.14. The summed E-state index contributed by atoms with van der Waals surface area (Å²) in [6.07, 6.45) is -8.29. The molecule has 272 valence electrons. The lowest BCUT2D eigenvalue weighted by Gasteiger charge is -2.38. The molecule has 0 unspecified atom stereocenters. The Morgan fingerprint density at radius 2 is 0.915 bits per heavy atom. The normalized spacial score (nSPS) is 31.2. The van der Waals surface area contributed by atoms with Crippen LogP contribution in [-0.4, -0.2) is 153 Å². The van der Waals surface area contributed by atoms with Crippen LogP contribution in [0.1, 0.15) is 78.1 Å². The highest BCUT2D eigenvalue weighted by atomic mass is 16.7. The number of rotatable bonds is 23. The van der Waals surface area contributed by atoms with Gasteiger partial charge in [-0.15, -0.1) is 0 Å². The van der Waals surface area contributed by atoms with Crippen molar-refractivity contribution in [2.45, 2.75) is 139 Å². The third-order valence-corrected chi connectivity index (χ3v) is 8.21. The zero-order valence-electron chi connectivity index (χ0n) is 27.4. The minimum Gasteiger partial charge on any atom is -0.388 e. The van der Waals surface area contributed by atoms with E-state index in [1.165, 1.54) is 18.7 Å². The third kappa shape index (κ3) is 14.6. The molecule has 0 aliphatic carbocycles. The number of carbonyl (C=O) groups excluding carboxylic acids is 4. The lowest BCUT2D eigenvalue weighted by molar-refractivity contribution is -0.293. The van der Waals surface area contributed by atoms with Gasteiger partial charge in [0.1, 0.15) is 54.0 Å². The summed E-state index contributed by atoms with van der Waals surface area (Å²) in [7, 11) is 0. The van der Waals surface area contributed by atoms with E-state index >= 15 is 0 Å². The van der Waals surface area contributed by atoms with Gasteiger partial charge >= 0.3 is 0 Å². The van der Waals surface area contributed by atoms with Crippen molar-refractivity contribution in [3.63, 3.8) is 0 Å². The molecule has 2 aliphatic heterocycles. The van der Waals surface area contributed by atoms with E-state index in [2.05, 4.69) is 0 Å². The Bertz CT molecular complexity index is 930. The van der Waals surface area contributed by atoms with E-state index < -0.39 is 61.4 Å². The molecule has 16 nitrogen and oxygen atoms in total. The largest absolute Gasteiger partial charge is 0.388 e. The molecular weight excluding hydrogens is 624 g/mol. The average Bonchev–Trinajstić information content (AvgIpc) is 3.01. The molecule has 0 radical (unpaired) electrons. The maximum atomic E-state index is 12.8. The summed E-state index contributed by atoms with van der Waals surface area (Å²) in [6, 6.07) is 0. The van der Waals surface area contributed by atoms with E-state index in [9.17, 15) is 49.8 Å². The van der Waals surface area contributed by atoms with Crippen molar-refractivity contribution in [2.75, 3.05) is 32.8 Å². The Kier molecular flexibility index (Phi) is 18.6. The first-order chi connectivity index (χ1) is 22.2. The molecule has 0 bridgehead atoms. The number of primary amides is 1. The molecule has 0 aromatic carbocycles. The van der Waals surface area contributed by atoms with Crippen molar-refractivity contribution in [1.29, 1.82) is 0 Å². The molecular formula is C31H54N2O14. The first-order valence-corrected chi connectivity index (χ1v) is 16.4. The molecule has 2 fully saturated rings. The predicted molar refractivity (Wildman–Crippen MR) is 163 cm³/mol. The van der Waals surface area contributed by atoms with Crippen molar-refractivity contribution in [3.8, 4) is 0 Å². The molecule has 8 N–H and O–H groups in total. The zero-order valence-corrected chi connectivity index (χ0v) is 27.4. The second kappa shape index (κ2) is 21.2. The lowest BCUT2D eigenvalue weighted by atomic mass is 10.00. The summed E-state index contributed by atoms with van der Waals surface area (Å²) in [5.74, 6) is -0.985. The fourth-order valence-corrected chi connectivity index (χ4v) is 5.37. The van der Waals surface area contributed by atoms with Gasteiger partial charge in [0.2, 0.25) is 5.91 Å². The number of nitrogens with zero attached hydrogens (tertiary/aromatic N) is 1. The molecule has 0 aromatic heterocycles. The Labute approximate surface area is 275 Å². The highest BCUT2D eigenvalue weighted by Crippen LogP contribution is 2.23. The standard InChI is InChI=1S/C31H54N2O14/c1-18-24(38)26(40)28(42)30(46-18)44-13-7-10-21(35)16-33(15-20(34)9-5-3-4-6-12-23(32)37)17-22(36)11-8-14-45-31-29(43)27(41)25(39)19(2)47-31/h18-19,24-31,38-43H,3-17H2,1-2H3,(H2,32,37)/t18-,19-,24+,25+,26+,27+,28-,29-,30+,31+/m0/s1. The summed E-state index contributed by atoms with van der Waals surface area (Å²) in [4.78, 5) is 50.7. The number of carbonyl (C=O) groups is 4.